The van der Waals surface area contributed by atoms with Gasteiger partial charge in [-0.1, -0.05) is 16.8 Å². The minimum Gasteiger partial charge on any atom is -0.361 e. The predicted molar refractivity (Wildman–Crippen MR) is 72.0 cm³/mol. The third-order valence-corrected chi connectivity index (χ3v) is 3.62. The first kappa shape index (κ1) is 14.5. The lowest BCUT2D eigenvalue weighted by Gasteiger charge is -2.07. The topological polar surface area (TPSA) is 115 Å². The third kappa shape index (κ3) is 3.16. The minimum atomic E-state index is -3.88. The number of nitrogens with two attached hydrogens (primary N) is 1. The van der Waals surface area contributed by atoms with Crippen LogP contribution >= 0.6 is 11.6 Å². The van der Waals surface area contributed by atoms with Crippen molar-refractivity contribution in [1.82, 2.24) is 5.16 Å². The second-order valence-electron chi connectivity index (χ2n) is 3.96. The Balaban J connectivity index is 2.31. The van der Waals surface area contributed by atoms with E-state index in [2.05, 4.69) is 10.5 Å². The number of carbonyl (C=O) groups excluding carboxylic acids is 1. The van der Waals surface area contributed by atoms with E-state index in [0.717, 1.165) is 0 Å². The number of anilines is 1. The molecule has 7 nitrogen and oxygen atoms in total. The SMILES string of the molecule is Cc1cc(C(=O)Nc2cc(S(N)(=O)=O)ccc2Cl)no1. The molecule has 0 aliphatic heterocycles. The first-order chi connectivity index (χ1) is 9.27. The van der Waals surface area contributed by atoms with Crippen LogP contribution in [0.1, 0.15) is 16.2 Å². The molecule has 0 saturated heterocycles. The van der Waals surface area contributed by atoms with Gasteiger partial charge in [0, 0.05) is 6.07 Å². The maximum atomic E-state index is 11.9. The predicted octanol–water partition coefficient (Wildman–Crippen LogP) is 1.54. The van der Waals surface area contributed by atoms with Crippen molar-refractivity contribution in [3.63, 3.8) is 0 Å². The summed E-state index contributed by atoms with van der Waals surface area (Å²) in [6.07, 6.45) is 0. The quantitative estimate of drug-likeness (QED) is 0.891. The minimum absolute atomic E-state index is 0.0552. The lowest BCUT2D eigenvalue weighted by Crippen LogP contribution is -2.15. The molecule has 1 heterocycles. The van der Waals surface area contributed by atoms with E-state index in [0.29, 0.717) is 5.76 Å². The number of aryl methyl sites for hydroxylation is 1. The smallest absolute Gasteiger partial charge is 0.277 e. The van der Waals surface area contributed by atoms with Crippen LogP contribution in [0.2, 0.25) is 5.02 Å². The van der Waals surface area contributed by atoms with Crippen molar-refractivity contribution in [3.05, 3.63) is 40.7 Å². The van der Waals surface area contributed by atoms with Crippen molar-refractivity contribution >= 4 is 33.2 Å². The molecule has 0 spiro atoms. The highest BCUT2D eigenvalue weighted by Crippen LogP contribution is 2.25. The first-order valence-electron chi connectivity index (χ1n) is 5.34. The van der Waals surface area contributed by atoms with Crippen LogP contribution in [0.25, 0.3) is 0 Å². The Morgan fingerprint density at radius 3 is 2.65 bits per heavy atom. The Morgan fingerprint density at radius 1 is 1.40 bits per heavy atom. The summed E-state index contributed by atoms with van der Waals surface area (Å²) >= 11 is 5.89. The van der Waals surface area contributed by atoms with Crippen molar-refractivity contribution < 1.29 is 17.7 Å². The van der Waals surface area contributed by atoms with Crippen LogP contribution in [0, 0.1) is 6.92 Å². The summed E-state index contributed by atoms with van der Waals surface area (Å²) in [6.45, 7) is 1.64. The standard InChI is InChI=1S/C11H10ClN3O4S/c1-6-4-10(15-19-6)11(16)14-9-5-7(20(13,17)18)2-3-8(9)12/h2-5H,1H3,(H,14,16)(H2,13,17,18). The molecule has 0 fully saturated rings. The number of hydrogen-bond acceptors (Lipinski definition) is 5. The molecule has 106 valence electrons. The molecular weight excluding hydrogens is 306 g/mol. The van der Waals surface area contributed by atoms with Gasteiger partial charge in [-0.15, -0.1) is 0 Å². The Hall–Kier alpha value is -1.90. The van der Waals surface area contributed by atoms with Gasteiger partial charge >= 0.3 is 0 Å². The molecule has 2 aromatic rings. The summed E-state index contributed by atoms with van der Waals surface area (Å²) in [5, 5.41) is 11.2. The lowest BCUT2D eigenvalue weighted by molar-refractivity contribution is 0.101. The van der Waals surface area contributed by atoms with E-state index in [1.807, 2.05) is 0 Å². The number of rotatable bonds is 3. The first-order valence-corrected chi connectivity index (χ1v) is 7.27. The molecule has 1 aromatic carbocycles. The van der Waals surface area contributed by atoms with Gasteiger partial charge in [0.15, 0.2) is 5.69 Å². The third-order valence-electron chi connectivity index (χ3n) is 2.38. The van der Waals surface area contributed by atoms with Crippen LogP contribution in [-0.2, 0) is 10.0 Å². The fourth-order valence-electron chi connectivity index (χ4n) is 1.44. The van der Waals surface area contributed by atoms with Gasteiger partial charge in [0.05, 0.1) is 15.6 Å². The van der Waals surface area contributed by atoms with Gasteiger partial charge in [-0.25, -0.2) is 13.6 Å². The Kier molecular flexibility index (Phi) is 3.80. The van der Waals surface area contributed by atoms with Gasteiger partial charge in [-0.3, -0.25) is 4.79 Å². The highest BCUT2D eigenvalue weighted by molar-refractivity contribution is 7.89. The van der Waals surface area contributed by atoms with E-state index in [1.54, 1.807) is 6.92 Å². The molecule has 0 aliphatic carbocycles. The van der Waals surface area contributed by atoms with Crippen LogP contribution in [0.4, 0.5) is 5.69 Å². The number of amides is 1. The number of carbonyl (C=O) groups is 1. The number of nitrogens with one attached hydrogen (secondary N) is 1. The van der Waals surface area contributed by atoms with Crippen molar-refractivity contribution in [2.24, 2.45) is 5.14 Å². The molecule has 0 atom stereocenters. The Bertz CT molecular complexity index is 770. The van der Waals surface area contributed by atoms with Gasteiger partial charge in [-0.05, 0) is 25.1 Å². The fraction of sp³-hybridized carbons (Fsp3) is 0.0909. The molecule has 2 rings (SSSR count). The molecular formula is C11H10ClN3O4S. The largest absolute Gasteiger partial charge is 0.361 e. The maximum absolute atomic E-state index is 11.9. The molecule has 3 N–H and O–H groups in total. The molecule has 0 aliphatic rings. The van der Waals surface area contributed by atoms with Crippen molar-refractivity contribution in [2.45, 2.75) is 11.8 Å². The molecule has 0 unspecified atom stereocenters. The van der Waals surface area contributed by atoms with Crippen molar-refractivity contribution in [3.8, 4) is 0 Å². The summed E-state index contributed by atoms with van der Waals surface area (Å²) in [5.74, 6) is -0.102. The molecule has 1 aromatic heterocycles. The monoisotopic (exact) mass is 315 g/mol. The molecule has 9 heteroatoms. The molecule has 0 radical (unpaired) electrons. The van der Waals surface area contributed by atoms with E-state index in [1.165, 1.54) is 24.3 Å². The van der Waals surface area contributed by atoms with Crippen LogP contribution in [0.3, 0.4) is 0 Å². The Morgan fingerprint density at radius 2 is 2.10 bits per heavy atom. The van der Waals surface area contributed by atoms with E-state index in [4.69, 9.17) is 21.3 Å². The van der Waals surface area contributed by atoms with Gasteiger partial charge in [-0.2, -0.15) is 0 Å². The second kappa shape index (κ2) is 5.23. The molecule has 0 bridgehead atoms. The number of primary sulfonamides is 1. The number of sulfonamides is 1. The van der Waals surface area contributed by atoms with E-state index >= 15 is 0 Å². The van der Waals surface area contributed by atoms with Crippen LogP contribution in [0.15, 0.2) is 33.7 Å². The number of benzene rings is 1. The summed E-state index contributed by atoms with van der Waals surface area (Å²) in [6, 6.07) is 5.17. The zero-order chi connectivity index (χ0) is 14.9. The number of nitrogens with zero attached hydrogens (tertiary/aromatic N) is 1. The zero-order valence-electron chi connectivity index (χ0n) is 10.3. The molecule has 20 heavy (non-hydrogen) atoms. The van der Waals surface area contributed by atoms with Crippen molar-refractivity contribution in [1.29, 1.82) is 0 Å². The normalized spacial score (nSPS) is 11.3. The average Bonchev–Trinajstić information content (AvgIpc) is 2.77. The van der Waals surface area contributed by atoms with E-state index in [-0.39, 0.29) is 21.3 Å². The summed E-state index contributed by atoms with van der Waals surface area (Å²) in [7, 11) is -3.88. The summed E-state index contributed by atoms with van der Waals surface area (Å²) in [4.78, 5) is 11.7. The van der Waals surface area contributed by atoms with Crippen LogP contribution in [-0.4, -0.2) is 19.5 Å². The summed E-state index contributed by atoms with van der Waals surface area (Å²) < 4.78 is 27.3. The van der Waals surface area contributed by atoms with Crippen LogP contribution in [0.5, 0.6) is 0 Å². The Labute approximate surface area is 119 Å². The molecule has 1 amide bonds. The number of aromatic nitrogens is 1. The van der Waals surface area contributed by atoms with Gasteiger partial charge in [0.2, 0.25) is 10.0 Å². The average molecular weight is 316 g/mol. The zero-order valence-corrected chi connectivity index (χ0v) is 11.8. The van der Waals surface area contributed by atoms with Gasteiger partial charge in [0.25, 0.3) is 5.91 Å². The fourth-order valence-corrected chi connectivity index (χ4v) is 2.14. The molecule has 0 saturated carbocycles. The number of hydrogen-bond donors (Lipinski definition) is 2. The number of halogens is 1. The second-order valence-corrected chi connectivity index (χ2v) is 5.93. The van der Waals surface area contributed by atoms with Gasteiger partial charge in [0.1, 0.15) is 5.76 Å². The summed E-state index contributed by atoms with van der Waals surface area (Å²) in [5.41, 5.74) is 0.170. The maximum Gasteiger partial charge on any atom is 0.277 e. The highest BCUT2D eigenvalue weighted by Gasteiger charge is 2.15. The van der Waals surface area contributed by atoms with Crippen molar-refractivity contribution in [2.75, 3.05) is 5.32 Å². The van der Waals surface area contributed by atoms with E-state index in [9.17, 15) is 13.2 Å². The van der Waals surface area contributed by atoms with E-state index < -0.39 is 15.9 Å². The van der Waals surface area contributed by atoms with Crippen LogP contribution < -0.4 is 10.5 Å². The lowest BCUT2D eigenvalue weighted by atomic mass is 10.3. The van der Waals surface area contributed by atoms with Gasteiger partial charge < -0.3 is 9.84 Å². The highest BCUT2D eigenvalue weighted by atomic mass is 35.5.